The maximum absolute atomic E-state index is 5.19. The summed E-state index contributed by atoms with van der Waals surface area (Å²) in [4.78, 5) is 4.40. The molecule has 0 aliphatic rings. The van der Waals surface area contributed by atoms with E-state index in [0.29, 0.717) is 0 Å². The van der Waals surface area contributed by atoms with Crippen LogP contribution in [-0.2, 0) is 5.41 Å². The van der Waals surface area contributed by atoms with Gasteiger partial charge < -0.3 is 4.74 Å². The molecule has 14 heavy (non-hydrogen) atoms. The summed E-state index contributed by atoms with van der Waals surface area (Å²) in [7, 11) is 1.69. The van der Waals surface area contributed by atoms with Gasteiger partial charge in [-0.3, -0.25) is 4.98 Å². The van der Waals surface area contributed by atoms with Crippen LogP contribution in [0.2, 0.25) is 0 Å². The van der Waals surface area contributed by atoms with Crippen molar-refractivity contribution in [2.75, 3.05) is 7.11 Å². The van der Waals surface area contributed by atoms with Crippen LogP contribution in [0, 0.1) is 0 Å². The Balaban J connectivity index is 2.93. The Morgan fingerprint density at radius 2 is 2.14 bits per heavy atom. The van der Waals surface area contributed by atoms with E-state index in [4.69, 9.17) is 4.74 Å². The van der Waals surface area contributed by atoms with E-state index in [1.54, 1.807) is 7.11 Å². The molecule has 1 rings (SSSR count). The molecule has 0 N–H and O–H groups in total. The molecular weight excluding hydrogens is 174 g/mol. The summed E-state index contributed by atoms with van der Waals surface area (Å²) in [5.74, 6) is 0.888. The van der Waals surface area contributed by atoms with E-state index < -0.39 is 0 Å². The van der Waals surface area contributed by atoms with Crippen LogP contribution in [0.3, 0.4) is 0 Å². The van der Waals surface area contributed by atoms with Gasteiger partial charge in [0.25, 0.3) is 0 Å². The molecule has 1 heterocycles. The van der Waals surface area contributed by atoms with Crippen molar-refractivity contribution in [1.82, 2.24) is 4.98 Å². The number of hydrogen-bond donors (Lipinski definition) is 0. The fourth-order valence-corrected chi connectivity index (χ4v) is 1.66. The van der Waals surface area contributed by atoms with Gasteiger partial charge in [-0.05, 0) is 12.5 Å². The summed E-state index contributed by atoms with van der Waals surface area (Å²) in [6.45, 7) is 6.64. The molecule has 0 aliphatic carbocycles. The Hall–Kier alpha value is -1.05. The van der Waals surface area contributed by atoms with Gasteiger partial charge in [0.2, 0.25) is 0 Å². The predicted octanol–water partition coefficient (Wildman–Crippen LogP) is 3.17. The van der Waals surface area contributed by atoms with Crippen molar-refractivity contribution in [1.29, 1.82) is 0 Å². The molecule has 0 amide bonds. The lowest BCUT2D eigenvalue weighted by molar-refractivity contribution is 0.406. The largest absolute Gasteiger partial charge is 0.497 e. The minimum absolute atomic E-state index is 0.142. The van der Waals surface area contributed by atoms with Gasteiger partial charge in [-0.25, -0.2) is 0 Å². The summed E-state index contributed by atoms with van der Waals surface area (Å²) in [5, 5.41) is 0. The Bertz CT molecular complexity index is 294. The molecule has 1 aromatic rings. The third kappa shape index (κ3) is 2.47. The third-order valence-corrected chi connectivity index (χ3v) is 2.54. The average molecular weight is 193 g/mol. The van der Waals surface area contributed by atoms with E-state index in [9.17, 15) is 0 Å². The third-order valence-electron chi connectivity index (χ3n) is 2.54. The molecule has 2 heteroatoms. The van der Waals surface area contributed by atoms with Gasteiger partial charge in [-0.2, -0.15) is 0 Å². The first-order valence-corrected chi connectivity index (χ1v) is 5.10. The highest BCUT2D eigenvalue weighted by Crippen LogP contribution is 2.28. The Kier molecular flexibility index (Phi) is 3.50. The fourth-order valence-electron chi connectivity index (χ4n) is 1.66. The van der Waals surface area contributed by atoms with Crippen LogP contribution in [-0.4, -0.2) is 12.1 Å². The first-order valence-electron chi connectivity index (χ1n) is 5.10. The van der Waals surface area contributed by atoms with E-state index in [-0.39, 0.29) is 5.41 Å². The smallest absolute Gasteiger partial charge is 0.122 e. The number of ether oxygens (including phenoxy) is 1. The van der Waals surface area contributed by atoms with E-state index in [1.807, 2.05) is 18.3 Å². The molecule has 0 saturated carbocycles. The van der Waals surface area contributed by atoms with Gasteiger partial charge in [0.1, 0.15) is 5.75 Å². The van der Waals surface area contributed by atoms with Gasteiger partial charge in [-0.15, -0.1) is 0 Å². The highest BCUT2D eigenvalue weighted by Gasteiger charge is 2.21. The number of rotatable bonds is 4. The van der Waals surface area contributed by atoms with Crippen LogP contribution < -0.4 is 4.74 Å². The van der Waals surface area contributed by atoms with Crippen LogP contribution in [0.4, 0.5) is 0 Å². The molecule has 0 fully saturated rings. The van der Waals surface area contributed by atoms with Crippen molar-refractivity contribution in [3.05, 3.63) is 24.0 Å². The van der Waals surface area contributed by atoms with Crippen LogP contribution in [0.25, 0.3) is 0 Å². The van der Waals surface area contributed by atoms with Crippen molar-refractivity contribution in [3.63, 3.8) is 0 Å². The van der Waals surface area contributed by atoms with Gasteiger partial charge in [0.05, 0.1) is 7.11 Å². The zero-order valence-electron chi connectivity index (χ0n) is 9.50. The molecule has 0 saturated heterocycles. The standard InChI is InChI=1S/C12H19NO/c1-5-7-12(2,3)11-9-10(14-4)6-8-13-11/h6,8-9H,5,7H2,1-4H3. The van der Waals surface area contributed by atoms with Crippen LogP contribution in [0.5, 0.6) is 5.75 Å². The lowest BCUT2D eigenvalue weighted by Gasteiger charge is -2.23. The van der Waals surface area contributed by atoms with Gasteiger partial charge in [0, 0.05) is 23.4 Å². The quantitative estimate of drug-likeness (QED) is 0.732. The summed E-state index contributed by atoms with van der Waals surface area (Å²) >= 11 is 0. The molecular formula is C12H19NO. The SMILES string of the molecule is CCCC(C)(C)c1cc(OC)ccn1. The fraction of sp³-hybridized carbons (Fsp3) is 0.583. The summed E-state index contributed by atoms with van der Waals surface area (Å²) in [6.07, 6.45) is 4.13. The number of aromatic nitrogens is 1. The van der Waals surface area contributed by atoms with Crippen molar-refractivity contribution in [2.45, 2.75) is 39.0 Å². The maximum Gasteiger partial charge on any atom is 0.122 e. The van der Waals surface area contributed by atoms with Crippen LogP contribution in [0.15, 0.2) is 18.3 Å². The monoisotopic (exact) mass is 193 g/mol. The second-order valence-electron chi connectivity index (χ2n) is 4.21. The molecule has 0 bridgehead atoms. The Labute approximate surface area is 86.3 Å². The van der Waals surface area contributed by atoms with Crippen LogP contribution in [0.1, 0.15) is 39.3 Å². The minimum Gasteiger partial charge on any atom is -0.497 e. The number of hydrogen-bond acceptors (Lipinski definition) is 2. The second kappa shape index (κ2) is 4.45. The summed E-state index contributed by atoms with van der Waals surface area (Å²) < 4.78 is 5.19. The summed E-state index contributed by atoms with van der Waals surface area (Å²) in [6, 6.07) is 3.90. The highest BCUT2D eigenvalue weighted by atomic mass is 16.5. The van der Waals surface area contributed by atoms with E-state index >= 15 is 0 Å². The molecule has 0 spiro atoms. The van der Waals surface area contributed by atoms with Crippen molar-refractivity contribution < 1.29 is 4.74 Å². The minimum atomic E-state index is 0.142. The van der Waals surface area contributed by atoms with Crippen molar-refractivity contribution in [3.8, 4) is 5.75 Å². The predicted molar refractivity (Wildman–Crippen MR) is 58.7 cm³/mol. The maximum atomic E-state index is 5.19. The molecule has 0 atom stereocenters. The number of pyridine rings is 1. The van der Waals surface area contributed by atoms with Gasteiger partial charge in [-0.1, -0.05) is 27.2 Å². The Morgan fingerprint density at radius 1 is 1.43 bits per heavy atom. The van der Waals surface area contributed by atoms with Crippen LogP contribution >= 0.6 is 0 Å². The molecule has 0 unspecified atom stereocenters. The zero-order valence-corrected chi connectivity index (χ0v) is 9.50. The first kappa shape index (κ1) is 11.0. The number of nitrogens with zero attached hydrogens (tertiary/aromatic N) is 1. The second-order valence-corrected chi connectivity index (χ2v) is 4.21. The molecule has 0 radical (unpaired) electrons. The molecule has 1 aromatic heterocycles. The molecule has 78 valence electrons. The summed E-state index contributed by atoms with van der Waals surface area (Å²) in [5.41, 5.74) is 1.25. The van der Waals surface area contributed by atoms with E-state index in [0.717, 1.165) is 17.9 Å². The lowest BCUT2D eigenvalue weighted by atomic mass is 9.84. The van der Waals surface area contributed by atoms with Gasteiger partial charge in [0.15, 0.2) is 0 Å². The first-order chi connectivity index (χ1) is 6.60. The Morgan fingerprint density at radius 3 is 2.71 bits per heavy atom. The van der Waals surface area contributed by atoms with Crippen molar-refractivity contribution >= 4 is 0 Å². The molecule has 0 aliphatic heterocycles. The number of methoxy groups -OCH3 is 1. The van der Waals surface area contributed by atoms with E-state index in [2.05, 4.69) is 25.8 Å². The molecule has 2 nitrogen and oxygen atoms in total. The van der Waals surface area contributed by atoms with Crippen molar-refractivity contribution in [2.24, 2.45) is 0 Å². The van der Waals surface area contributed by atoms with Gasteiger partial charge >= 0.3 is 0 Å². The normalized spacial score (nSPS) is 11.4. The lowest BCUT2D eigenvalue weighted by Crippen LogP contribution is -2.18. The molecule has 0 aromatic carbocycles. The van der Waals surface area contributed by atoms with E-state index in [1.165, 1.54) is 6.42 Å². The highest BCUT2D eigenvalue weighted by molar-refractivity contribution is 5.26. The average Bonchev–Trinajstić information content (AvgIpc) is 2.18. The zero-order chi connectivity index (χ0) is 10.6. The topological polar surface area (TPSA) is 22.1 Å².